The first-order chi connectivity index (χ1) is 8.42. The van der Waals surface area contributed by atoms with E-state index < -0.39 is 34.6 Å². The van der Waals surface area contributed by atoms with Gasteiger partial charge in [-0.25, -0.2) is 13.2 Å². The van der Waals surface area contributed by atoms with E-state index in [1.165, 1.54) is 0 Å². The first kappa shape index (κ1) is 15.8. The summed E-state index contributed by atoms with van der Waals surface area (Å²) in [5, 5.41) is 2.22. The van der Waals surface area contributed by atoms with Crippen molar-refractivity contribution in [1.29, 1.82) is 0 Å². The number of benzene rings is 1. The molecule has 7 heteroatoms. The Morgan fingerprint density at radius 1 is 1.11 bits per heavy atom. The Morgan fingerprint density at radius 2 is 1.63 bits per heavy atom. The fourth-order valence-corrected chi connectivity index (χ4v) is 2.10. The van der Waals surface area contributed by atoms with Crippen LogP contribution in [0.3, 0.4) is 0 Å². The number of amides is 1. The molecule has 0 radical (unpaired) electrons. The maximum atomic E-state index is 13.3. The van der Waals surface area contributed by atoms with Crippen molar-refractivity contribution in [1.82, 2.24) is 0 Å². The van der Waals surface area contributed by atoms with Gasteiger partial charge in [0, 0.05) is 12.1 Å². The van der Waals surface area contributed by atoms with Crippen LogP contribution >= 0.6 is 12.4 Å². The van der Waals surface area contributed by atoms with E-state index in [-0.39, 0.29) is 12.4 Å². The summed E-state index contributed by atoms with van der Waals surface area (Å²) in [6.45, 7) is 0. The number of carbonyl (C=O) groups is 1. The number of nitrogens with one attached hydrogen (secondary N) is 1. The largest absolute Gasteiger partial charge is 0.322 e. The van der Waals surface area contributed by atoms with E-state index in [9.17, 15) is 18.0 Å². The normalized spacial score (nSPS) is 16.8. The van der Waals surface area contributed by atoms with Crippen LogP contribution in [-0.2, 0) is 4.79 Å². The van der Waals surface area contributed by atoms with Gasteiger partial charge < -0.3 is 11.1 Å². The topological polar surface area (TPSA) is 55.1 Å². The Bertz CT molecular complexity index is 490. The van der Waals surface area contributed by atoms with Gasteiger partial charge in [0.25, 0.3) is 0 Å². The number of hydrogen-bond acceptors (Lipinski definition) is 2. The van der Waals surface area contributed by atoms with Gasteiger partial charge in [0.2, 0.25) is 5.91 Å². The predicted molar refractivity (Wildman–Crippen MR) is 67.6 cm³/mol. The van der Waals surface area contributed by atoms with Crippen LogP contribution in [0.4, 0.5) is 18.9 Å². The Morgan fingerprint density at radius 3 is 2.21 bits per heavy atom. The molecule has 0 aliphatic heterocycles. The summed E-state index contributed by atoms with van der Waals surface area (Å²) in [6, 6.07) is 1.00. The molecule has 1 amide bonds. The second-order valence-corrected chi connectivity index (χ2v) is 4.56. The second kappa shape index (κ2) is 5.79. The van der Waals surface area contributed by atoms with Crippen molar-refractivity contribution < 1.29 is 18.0 Å². The summed E-state index contributed by atoms with van der Waals surface area (Å²) < 4.78 is 39.0. The Labute approximate surface area is 114 Å². The molecular formula is C12H14ClF3N2O. The minimum absolute atomic E-state index is 0. The molecule has 0 aromatic heterocycles. The fraction of sp³-hybridized carbons (Fsp3) is 0.417. The zero-order valence-electron chi connectivity index (χ0n) is 10.0. The summed E-state index contributed by atoms with van der Waals surface area (Å²) in [6.07, 6.45) is 2.66. The summed E-state index contributed by atoms with van der Waals surface area (Å²) >= 11 is 0. The number of hydrogen-bond donors (Lipinski definition) is 2. The van der Waals surface area contributed by atoms with E-state index >= 15 is 0 Å². The molecular weight excluding hydrogens is 281 g/mol. The first-order valence-electron chi connectivity index (χ1n) is 5.67. The molecule has 0 bridgehead atoms. The van der Waals surface area contributed by atoms with Crippen LogP contribution in [0.15, 0.2) is 12.1 Å². The third-order valence-corrected chi connectivity index (χ3v) is 3.21. The molecule has 0 unspecified atom stereocenters. The van der Waals surface area contributed by atoms with E-state index in [4.69, 9.17) is 5.73 Å². The van der Waals surface area contributed by atoms with Crippen LogP contribution in [0.1, 0.15) is 25.7 Å². The monoisotopic (exact) mass is 294 g/mol. The Balaban J connectivity index is 0.00000180. The molecule has 0 spiro atoms. The van der Waals surface area contributed by atoms with Gasteiger partial charge in [-0.05, 0) is 12.8 Å². The molecule has 19 heavy (non-hydrogen) atoms. The van der Waals surface area contributed by atoms with Gasteiger partial charge in [-0.3, -0.25) is 4.79 Å². The van der Waals surface area contributed by atoms with E-state index in [1.54, 1.807) is 0 Å². The number of anilines is 1. The molecule has 106 valence electrons. The average Bonchev–Trinajstić information content (AvgIpc) is 2.74. The third kappa shape index (κ3) is 3.19. The van der Waals surface area contributed by atoms with E-state index in [1.807, 2.05) is 0 Å². The smallest absolute Gasteiger partial charge is 0.244 e. The molecule has 1 aromatic carbocycles. The molecule has 1 aliphatic rings. The van der Waals surface area contributed by atoms with Gasteiger partial charge in [0.1, 0.15) is 5.82 Å². The molecule has 2 rings (SSSR count). The van der Waals surface area contributed by atoms with E-state index in [2.05, 4.69) is 5.32 Å². The highest BCUT2D eigenvalue weighted by molar-refractivity contribution is 5.98. The van der Waals surface area contributed by atoms with E-state index in [0.29, 0.717) is 25.0 Å². The van der Waals surface area contributed by atoms with Gasteiger partial charge >= 0.3 is 0 Å². The van der Waals surface area contributed by atoms with Crippen molar-refractivity contribution in [3.05, 3.63) is 29.6 Å². The molecule has 0 atom stereocenters. The summed E-state index contributed by atoms with van der Waals surface area (Å²) in [4.78, 5) is 11.9. The zero-order valence-corrected chi connectivity index (χ0v) is 10.8. The number of carbonyl (C=O) groups excluding carboxylic acids is 1. The van der Waals surface area contributed by atoms with Gasteiger partial charge in [-0.1, -0.05) is 12.8 Å². The molecule has 1 aromatic rings. The summed E-state index contributed by atoms with van der Waals surface area (Å²) in [7, 11) is 0. The molecule has 0 saturated heterocycles. The van der Waals surface area contributed by atoms with Gasteiger partial charge in [-0.2, -0.15) is 0 Å². The van der Waals surface area contributed by atoms with Crippen LogP contribution in [0.5, 0.6) is 0 Å². The lowest BCUT2D eigenvalue weighted by molar-refractivity contribution is -0.121. The maximum Gasteiger partial charge on any atom is 0.244 e. The van der Waals surface area contributed by atoms with Crippen LogP contribution < -0.4 is 11.1 Å². The van der Waals surface area contributed by atoms with Crippen molar-refractivity contribution in [2.45, 2.75) is 31.2 Å². The summed E-state index contributed by atoms with van der Waals surface area (Å²) in [5.74, 6) is -4.10. The highest BCUT2D eigenvalue weighted by Gasteiger charge is 2.37. The first-order valence-corrected chi connectivity index (χ1v) is 5.67. The minimum atomic E-state index is -1.30. The quantitative estimate of drug-likeness (QED) is 0.824. The predicted octanol–water partition coefficient (Wildman–Crippen LogP) is 2.74. The third-order valence-electron chi connectivity index (χ3n) is 3.21. The van der Waals surface area contributed by atoms with Crippen molar-refractivity contribution >= 4 is 24.0 Å². The lowest BCUT2D eigenvalue weighted by atomic mass is 9.98. The zero-order chi connectivity index (χ0) is 13.3. The van der Waals surface area contributed by atoms with Crippen LogP contribution in [0, 0.1) is 17.5 Å². The van der Waals surface area contributed by atoms with Gasteiger partial charge in [0.05, 0.1) is 11.2 Å². The van der Waals surface area contributed by atoms with Crippen LogP contribution in [0.2, 0.25) is 0 Å². The van der Waals surface area contributed by atoms with Crippen molar-refractivity contribution in [2.75, 3.05) is 5.32 Å². The van der Waals surface area contributed by atoms with Crippen molar-refractivity contribution in [3.8, 4) is 0 Å². The summed E-state index contributed by atoms with van der Waals surface area (Å²) in [5.41, 5.74) is 4.43. The fourth-order valence-electron chi connectivity index (χ4n) is 2.10. The SMILES string of the molecule is Cl.NC1(C(=O)Nc2cc(F)c(F)cc2F)CCCC1. The maximum absolute atomic E-state index is 13.3. The van der Waals surface area contributed by atoms with Crippen LogP contribution in [-0.4, -0.2) is 11.4 Å². The molecule has 3 N–H and O–H groups in total. The van der Waals surface area contributed by atoms with Crippen LogP contribution in [0.25, 0.3) is 0 Å². The van der Waals surface area contributed by atoms with Gasteiger partial charge in [-0.15, -0.1) is 12.4 Å². The van der Waals surface area contributed by atoms with Crippen molar-refractivity contribution in [2.24, 2.45) is 5.73 Å². The molecule has 1 aliphatic carbocycles. The molecule has 3 nitrogen and oxygen atoms in total. The highest BCUT2D eigenvalue weighted by Crippen LogP contribution is 2.29. The van der Waals surface area contributed by atoms with E-state index in [0.717, 1.165) is 12.8 Å². The number of halogens is 4. The van der Waals surface area contributed by atoms with Crippen molar-refractivity contribution in [3.63, 3.8) is 0 Å². The highest BCUT2D eigenvalue weighted by atomic mass is 35.5. The second-order valence-electron chi connectivity index (χ2n) is 4.56. The lowest BCUT2D eigenvalue weighted by Gasteiger charge is -2.22. The molecule has 0 heterocycles. The number of rotatable bonds is 2. The number of nitrogens with two attached hydrogens (primary N) is 1. The Kier molecular flexibility index (Phi) is 4.81. The lowest BCUT2D eigenvalue weighted by Crippen LogP contribution is -2.48. The standard InChI is InChI=1S/C12H13F3N2O.ClH/c13-7-5-9(15)10(6-8(7)14)17-11(18)12(16)3-1-2-4-12;/h5-6H,1-4,16H2,(H,17,18);1H. The molecule has 1 fully saturated rings. The minimum Gasteiger partial charge on any atom is -0.322 e. The Hall–Kier alpha value is -1.27. The average molecular weight is 295 g/mol. The molecule has 1 saturated carbocycles. The van der Waals surface area contributed by atoms with Gasteiger partial charge in [0.15, 0.2) is 11.6 Å².